The van der Waals surface area contributed by atoms with Gasteiger partial charge < -0.3 is 4.57 Å². The van der Waals surface area contributed by atoms with Gasteiger partial charge in [0.25, 0.3) is 11.5 Å². The van der Waals surface area contributed by atoms with E-state index in [1.165, 1.54) is 15.9 Å². The number of thiazole rings is 1. The Morgan fingerprint density at radius 1 is 1.06 bits per heavy atom. The number of benzene rings is 2. The Bertz CT molecular complexity index is 1460. The number of amides is 1. The molecule has 0 radical (unpaired) electrons. The lowest BCUT2D eigenvalue weighted by Gasteiger charge is -2.11. The number of hydrogen-bond donors (Lipinski definition) is 0. The highest BCUT2D eigenvalue weighted by molar-refractivity contribution is 7.07. The first-order valence-electron chi connectivity index (χ1n) is 9.67. The van der Waals surface area contributed by atoms with Crippen LogP contribution in [0.5, 0.6) is 0 Å². The van der Waals surface area contributed by atoms with E-state index in [4.69, 9.17) is 11.6 Å². The molecular formula is C22H19ClN4O3S. The van der Waals surface area contributed by atoms with Crippen molar-refractivity contribution in [2.75, 3.05) is 0 Å². The van der Waals surface area contributed by atoms with Crippen molar-refractivity contribution in [3.63, 3.8) is 0 Å². The number of nitrogens with zero attached hydrogens (tertiary/aromatic N) is 4. The zero-order valence-electron chi connectivity index (χ0n) is 16.7. The SMILES string of the molecule is CCn1c(=O)c2ccccc2n(CC(=O)N=c2sccn2Cc2ccccc2Cl)c1=O. The van der Waals surface area contributed by atoms with Crippen molar-refractivity contribution in [1.82, 2.24) is 13.7 Å². The highest BCUT2D eigenvalue weighted by Crippen LogP contribution is 2.15. The summed E-state index contributed by atoms with van der Waals surface area (Å²) in [5.41, 5.74) is 0.444. The first kappa shape index (κ1) is 21.0. The standard InChI is InChI=1S/C22H19ClN4O3S/c1-2-26-20(29)16-8-4-6-10-18(16)27(22(26)30)14-19(28)24-21-25(11-12-31-21)13-15-7-3-5-9-17(15)23/h3-12H,2,13-14H2,1H3. The van der Waals surface area contributed by atoms with Gasteiger partial charge in [-0.05, 0) is 30.7 Å². The van der Waals surface area contributed by atoms with Crippen molar-refractivity contribution >= 4 is 39.7 Å². The van der Waals surface area contributed by atoms with Crippen LogP contribution in [0.4, 0.5) is 0 Å². The molecule has 4 rings (SSSR count). The lowest BCUT2D eigenvalue weighted by molar-refractivity contribution is -0.118. The normalized spacial score (nSPS) is 11.9. The molecule has 0 saturated heterocycles. The molecular weight excluding hydrogens is 436 g/mol. The van der Waals surface area contributed by atoms with Gasteiger partial charge in [0, 0.05) is 23.1 Å². The summed E-state index contributed by atoms with van der Waals surface area (Å²) in [6, 6.07) is 14.3. The molecule has 0 saturated carbocycles. The lowest BCUT2D eigenvalue weighted by atomic mass is 10.2. The van der Waals surface area contributed by atoms with Crippen LogP contribution in [0.1, 0.15) is 12.5 Å². The molecule has 4 aromatic rings. The minimum absolute atomic E-state index is 0.219. The smallest absolute Gasteiger partial charge is 0.319 e. The summed E-state index contributed by atoms with van der Waals surface area (Å²) >= 11 is 7.57. The molecule has 0 aliphatic carbocycles. The van der Waals surface area contributed by atoms with Crippen LogP contribution in [0.3, 0.4) is 0 Å². The van der Waals surface area contributed by atoms with E-state index < -0.39 is 11.6 Å². The summed E-state index contributed by atoms with van der Waals surface area (Å²) < 4.78 is 4.26. The second kappa shape index (κ2) is 8.87. The van der Waals surface area contributed by atoms with Crippen LogP contribution in [-0.4, -0.2) is 19.6 Å². The van der Waals surface area contributed by atoms with Gasteiger partial charge in [-0.2, -0.15) is 4.99 Å². The predicted molar refractivity (Wildman–Crippen MR) is 122 cm³/mol. The highest BCUT2D eigenvalue weighted by Gasteiger charge is 2.14. The molecule has 31 heavy (non-hydrogen) atoms. The molecule has 0 unspecified atom stereocenters. The number of hydrogen-bond acceptors (Lipinski definition) is 4. The van der Waals surface area contributed by atoms with Crippen molar-refractivity contribution in [2.45, 2.75) is 26.6 Å². The Hall–Kier alpha value is -3.23. The average Bonchev–Trinajstić information content (AvgIpc) is 3.19. The predicted octanol–water partition coefficient (Wildman–Crippen LogP) is 2.88. The number of aromatic nitrogens is 3. The average molecular weight is 455 g/mol. The molecule has 0 N–H and O–H groups in total. The molecule has 0 aliphatic rings. The quantitative estimate of drug-likeness (QED) is 0.465. The third kappa shape index (κ3) is 4.17. The molecule has 0 aliphatic heterocycles. The second-order valence-electron chi connectivity index (χ2n) is 6.85. The number of para-hydroxylation sites is 1. The van der Waals surface area contributed by atoms with Crippen molar-refractivity contribution in [1.29, 1.82) is 0 Å². The maximum absolute atomic E-state index is 12.8. The number of rotatable bonds is 5. The summed E-state index contributed by atoms with van der Waals surface area (Å²) in [6.07, 6.45) is 1.83. The van der Waals surface area contributed by atoms with Gasteiger partial charge in [-0.25, -0.2) is 4.79 Å². The van der Waals surface area contributed by atoms with Gasteiger partial charge in [-0.3, -0.25) is 18.7 Å². The van der Waals surface area contributed by atoms with E-state index in [1.807, 2.05) is 40.4 Å². The number of fused-ring (bicyclic) bond motifs is 1. The molecule has 1 amide bonds. The molecule has 2 aromatic carbocycles. The molecule has 0 spiro atoms. The highest BCUT2D eigenvalue weighted by atomic mass is 35.5. The first-order chi connectivity index (χ1) is 15.0. The van der Waals surface area contributed by atoms with Crippen LogP contribution in [0.15, 0.2) is 74.7 Å². The number of carbonyl (C=O) groups is 1. The number of carbonyl (C=O) groups excluding carboxylic acids is 1. The molecule has 0 fully saturated rings. The van der Waals surface area contributed by atoms with Gasteiger partial charge in [0.1, 0.15) is 6.54 Å². The third-order valence-corrected chi connectivity index (χ3v) is 6.08. The van der Waals surface area contributed by atoms with E-state index in [0.717, 1.165) is 10.1 Å². The van der Waals surface area contributed by atoms with Crippen LogP contribution >= 0.6 is 22.9 Å². The van der Waals surface area contributed by atoms with Crippen molar-refractivity contribution < 1.29 is 4.79 Å². The van der Waals surface area contributed by atoms with E-state index in [9.17, 15) is 14.4 Å². The minimum atomic E-state index is -0.523. The molecule has 158 valence electrons. The molecule has 7 nitrogen and oxygen atoms in total. The Kier molecular flexibility index (Phi) is 6.01. The van der Waals surface area contributed by atoms with Crippen molar-refractivity contribution in [2.24, 2.45) is 4.99 Å². The zero-order chi connectivity index (χ0) is 22.0. The minimum Gasteiger partial charge on any atom is -0.319 e. The van der Waals surface area contributed by atoms with Crippen LogP contribution in [0.25, 0.3) is 10.9 Å². The Morgan fingerprint density at radius 2 is 1.81 bits per heavy atom. The van der Waals surface area contributed by atoms with E-state index >= 15 is 0 Å². The summed E-state index contributed by atoms with van der Waals surface area (Å²) in [6.45, 7) is 2.15. The zero-order valence-corrected chi connectivity index (χ0v) is 18.3. The topological polar surface area (TPSA) is 78.4 Å². The fourth-order valence-electron chi connectivity index (χ4n) is 3.40. The fourth-order valence-corrected chi connectivity index (χ4v) is 4.34. The van der Waals surface area contributed by atoms with Crippen LogP contribution in [-0.2, 0) is 24.4 Å². The second-order valence-corrected chi connectivity index (χ2v) is 8.13. The monoisotopic (exact) mass is 454 g/mol. The van der Waals surface area contributed by atoms with Crippen LogP contribution in [0.2, 0.25) is 5.02 Å². The van der Waals surface area contributed by atoms with Crippen molar-refractivity contribution in [3.8, 4) is 0 Å². The van der Waals surface area contributed by atoms with Gasteiger partial charge in [0.15, 0.2) is 4.80 Å². The third-order valence-electron chi connectivity index (χ3n) is 4.92. The van der Waals surface area contributed by atoms with Crippen LogP contribution in [0, 0.1) is 0 Å². The van der Waals surface area contributed by atoms with Crippen molar-refractivity contribution in [3.05, 3.63) is 96.3 Å². The maximum atomic E-state index is 12.8. The summed E-state index contributed by atoms with van der Waals surface area (Å²) in [4.78, 5) is 42.9. The molecule has 9 heteroatoms. The van der Waals surface area contributed by atoms with E-state index in [2.05, 4.69) is 4.99 Å². The van der Waals surface area contributed by atoms with Gasteiger partial charge in [0.2, 0.25) is 0 Å². The van der Waals surface area contributed by atoms with Crippen LogP contribution < -0.4 is 16.1 Å². The summed E-state index contributed by atoms with van der Waals surface area (Å²) in [5.74, 6) is -0.482. The first-order valence-corrected chi connectivity index (χ1v) is 10.9. The summed E-state index contributed by atoms with van der Waals surface area (Å²) in [5, 5.41) is 2.86. The fraction of sp³-hybridized carbons (Fsp3) is 0.182. The molecule has 2 heterocycles. The van der Waals surface area contributed by atoms with Gasteiger partial charge in [-0.15, -0.1) is 11.3 Å². The number of halogens is 1. The van der Waals surface area contributed by atoms with E-state index in [1.54, 1.807) is 31.2 Å². The Morgan fingerprint density at radius 3 is 2.58 bits per heavy atom. The van der Waals surface area contributed by atoms with Gasteiger partial charge >= 0.3 is 5.69 Å². The molecule has 0 atom stereocenters. The Balaban J connectivity index is 1.71. The van der Waals surface area contributed by atoms with Gasteiger partial charge in [0.05, 0.1) is 17.4 Å². The summed E-state index contributed by atoms with van der Waals surface area (Å²) in [7, 11) is 0. The van der Waals surface area contributed by atoms with E-state index in [0.29, 0.717) is 27.3 Å². The molecule has 0 bridgehead atoms. The molecule has 2 aromatic heterocycles. The largest absolute Gasteiger partial charge is 0.331 e. The van der Waals surface area contributed by atoms with E-state index in [-0.39, 0.29) is 18.6 Å². The van der Waals surface area contributed by atoms with Gasteiger partial charge in [-0.1, -0.05) is 41.9 Å². The maximum Gasteiger partial charge on any atom is 0.331 e. The Labute approximate surface area is 186 Å². The lowest BCUT2D eigenvalue weighted by Crippen LogP contribution is -2.40.